The van der Waals surface area contributed by atoms with Crippen molar-refractivity contribution in [2.75, 3.05) is 43.1 Å². The van der Waals surface area contributed by atoms with Gasteiger partial charge in [0.2, 0.25) is 0 Å². The van der Waals surface area contributed by atoms with E-state index in [1.165, 1.54) is 13.2 Å². The van der Waals surface area contributed by atoms with E-state index in [9.17, 15) is 25.3 Å². The molecule has 196 valence electrons. The number of anilines is 2. The standard InChI is InChI=1S/C29H24N4O6/c1-38-28(37)15-2-5-20-23(8-15)29(27(31-30)26(20)36)21-6-3-16(32-11-18(34)12-32)9-24(21)39-25-10-17(4-7-22(25)29)33-13-19(35)14-33/h2-10,18-19,34-35H,11-14H2,1H3. The van der Waals surface area contributed by atoms with E-state index in [-0.39, 0.29) is 11.3 Å². The van der Waals surface area contributed by atoms with E-state index in [0.717, 1.165) is 11.4 Å². The van der Waals surface area contributed by atoms with Gasteiger partial charge in [0.25, 0.3) is 5.78 Å². The number of Topliss-reactive ketones (excluding diaryl/α,β-unsaturated/α-hetero) is 1. The van der Waals surface area contributed by atoms with Gasteiger partial charge in [0.1, 0.15) is 11.5 Å². The van der Waals surface area contributed by atoms with Crippen LogP contribution in [-0.4, -0.2) is 78.0 Å². The van der Waals surface area contributed by atoms with E-state index < -0.39 is 29.4 Å². The predicted molar refractivity (Wildman–Crippen MR) is 140 cm³/mol. The van der Waals surface area contributed by atoms with Crippen molar-refractivity contribution in [2.45, 2.75) is 17.6 Å². The summed E-state index contributed by atoms with van der Waals surface area (Å²) < 4.78 is 11.4. The molecule has 2 fully saturated rings. The summed E-state index contributed by atoms with van der Waals surface area (Å²) in [6, 6.07) is 15.9. The lowest BCUT2D eigenvalue weighted by Crippen LogP contribution is -2.51. The maximum absolute atomic E-state index is 13.7. The molecule has 3 aliphatic heterocycles. The van der Waals surface area contributed by atoms with Crippen LogP contribution in [0.15, 0.2) is 54.6 Å². The van der Waals surface area contributed by atoms with Crippen molar-refractivity contribution in [1.82, 2.24) is 0 Å². The lowest BCUT2D eigenvalue weighted by atomic mass is 9.67. The number of rotatable bonds is 3. The highest BCUT2D eigenvalue weighted by Gasteiger charge is 2.62. The molecule has 39 heavy (non-hydrogen) atoms. The Bertz CT molecular complexity index is 1570. The number of hydrogen-bond donors (Lipinski definition) is 2. The van der Waals surface area contributed by atoms with Crippen molar-refractivity contribution in [2.24, 2.45) is 0 Å². The molecule has 0 aromatic heterocycles. The van der Waals surface area contributed by atoms with Crippen molar-refractivity contribution in [3.8, 4) is 11.5 Å². The highest BCUT2D eigenvalue weighted by molar-refractivity contribution is 6.52. The number of fused-ring (bicyclic) bond motifs is 6. The van der Waals surface area contributed by atoms with Crippen LogP contribution in [0, 0.1) is 0 Å². The van der Waals surface area contributed by atoms with Gasteiger partial charge >= 0.3 is 11.7 Å². The van der Waals surface area contributed by atoms with Crippen molar-refractivity contribution < 1.29 is 34.1 Å². The van der Waals surface area contributed by atoms with Gasteiger partial charge in [0.05, 0.1) is 24.9 Å². The fourth-order valence-electron chi connectivity index (χ4n) is 6.19. The third-order valence-electron chi connectivity index (χ3n) is 8.17. The Kier molecular flexibility index (Phi) is 4.99. The highest BCUT2D eigenvalue weighted by Crippen LogP contribution is 2.57. The van der Waals surface area contributed by atoms with Gasteiger partial charge in [-0.3, -0.25) is 4.79 Å². The number of ether oxygens (including phenoxy) is 2. The Hall–Kier alpha value is -4.50. The first-order valence-corrected chi connectivity index (χ1v) is 12.7. The van der Waals surface area contributed by atoms with E-state index in [1.54, 1.807) is 12.1 Å². The molecule has 0 atom stereocenters. The molecule has 0 bridgehead atoms. The number of β-amino-alcohol motifs (C(OH)–C–C–N with tert-alkyl or cyclic N) is 2. The molecule has 0 amide bonds. The number of esters is 1. The second kappa shape index (κ2) is 8.25. The molecule has 1 aliphatic carbocycles. The van der Waals surface area contributed by atoms with Gasteiger partial charge in [-0.1, -0.05) is 12.1 Å². The van der Waals surface area contributed by atoms with Gasteiger partial charge < -0.3 is 35.0 Å². The summed E-state index contributed by atoms with van der Waals surface area (Å²) in [6.45, 7) is 1.98. The van der Waals surface area contributed by atoms with E-state index in [1.807, 2.05) is 46.2 Å². The zero-order valence-corrected chi connectivity index (χ0v) is 21.0. The van der Waals surface area contributed by atoms with E-state index in [0.29, 0.717) is 59.9 Å². The summed E-state index contributed by atoms with van der Waals surface area (Å²) in [5, 5.41) is 19.7. The second-order valence-electron chi connectivity index (χ2n) is 10.4. The number of methoxy groups -OCH3 is 1. The number of nitrogens with zero attached hydrogens (tertiary/aromatic N) is 4. The first-order valence-electron chi connectivity index (χ1n) is 12.7. The normalized spacial score (nSPS) is 18.9. The van der Waals surface area contributed by atoms with Crippen LogP contribution in [0.4, 0.5) is 11.4 Å². The van der Waals surface area contributed by atoms with Crippen molar-refractivity contribution in [3.05, 3.63) is 87.9 Å². The Morgan fingerprint density at radius 1 is 0.923 bits per heavy atom. The fraction of sp³-hybridized carbons (Fsp3) is 0.276. The third-order valence-corrected chi connectivity index (χ3v) is 8.17. The lowest BCUT2D eigenvalue weighted by molar-refractivity contribution is -0.0118. The average molecular weight is 525 g/mol. The van der Waals surface area contributed by atoms with Gasteiger partial charge in [-0.05, 0) is 35.9 Å². The summed E-state index contributed by atoms with van der Waals surface area (Å²) in [7, 11) is 1.29. The van der Waals surface area contributed by atoms with Crippen molar-refractivity contribution in [3.63, 3.8) is 0 Å². The van der Waals surface area contributed by atoms with Gasteiger partial charge in [-0.25, -0.2) is 4.79 Å². The number of aliphatic hydroxyl groups is 2. The Morgan fingerprint density at radius 2 is 1.49 bits per heavy atom. The van der Waals surface area contributed by atoms with Crippen molar-refractivity contribution in [1.29, 1.82) is 0 Å². The largest absolute Gasteiger partial charge is 0.465 e. The zero-order valence-electron chi connectivity index (χ0n) is 21.0. The number of aliphatic hydroxyl groups excluding tert-OH is 2. The van der Waals surface area contributed by atoms with Crippen LogP contribution in [-0.2, 0) is 10.2 Å². The minimum atomic E-state index is -1.35. The molecule has 3 aromatic carbocycles. The third kappa shape index (κ3) is 3.16. The van der Waals surface area contributed by atoms with Crippen LogP contribution < -0.4 is 14.5 Å². The summed E-state index contributed by atoms with van der Waals surface area (Å²) in [5.41, 5.74) is 12.8. The summed E-state index contributed by atoms with van der Waals surface area (Å²) in [5.74, 6) is -0.0758. The van der Waals surface area contributed by atoms with Gasteiger partial charge in [-0.15, -0.1) is 0 Å². The molecule has 3 heterocycles. The number of ketones is 1. The minimum absolute atomic E-state index is 0.0930. The maximum atomic E-state index is 13.7. The molecule has 0 saturated carbocycles. The summed E-state index contributed by atoms with van der Waals surface area (Å²) >= 11 is 0. The molecular weight excluding hydrogens is 500 g/mol. The molecule has 0 radical (unpaired) electrons. The Morgan fingerprint density at radius 3 is 1.97 bits per heavy atom. The van der Waals surface area contributed by atoms with E-state index in [2.05, 4.69) is 4.79 Å². The molecule has 10 heteroatoms. The van der Waals surface area contributed by atoms with Gasteiger partial charge in [0.15, 0.2) is 5.41 Å². The van der Waals surface area contributed by atoms with Crippen LogP contribution in [0.2, 0.25) is 0 Å². The molecule has 2 N–H and O–H groups in total. The topological polar surface area (TPSA) is 136 Å². The predicted octanol–water partition coefficient (Wildman–Crippen LogP) is 2.14. The number of carbonyl (C=O) groups excluding carboxylic acids is 2. The molecule has 3 aromatic rings. The van der Waals surface area contributed by atoms with Crippen LogP contribution in [0.1, 0.15) is 37.4 Å². The summed E-state index contributed by atoms with van der Waals surface area (Å²) in [4.78, 5) is 33.8. The Balaban J connectivity index is 1.50. The average Bonchev–Trinajstić information content (AvgIpc) is 3.16. The van der Waals surface area contributed by atoms with E-state index >= 15 is 0 Å². The Labute approximate surface area is 223 Å². The minimum Gasteiger partial charge on any atom is -0.465 e. The molecule has 4 aliphatic rings. The molecule has 7 rings (SSSR count). The monoisotopic (exact) mass is 524 g/mol. The quantitative estimate of drug-likeness (QED) is 0.302. The number of carbonyl (C=O) groups is 2. The number of hydrogen-bond acceptors (Lipinski definition) is 8. The molecular formula is C29H24N4O6. The maximum Gasteiger partial charge on any atom is 0.358 e. The molecule has 0 unspecified atom stereocenters. The second-order valence-corrected chi connectivity index (χ2v) is 10.4. The smallest absolute Gasteiger partial charge is 0.358 e. The highest BCUT2D eigenvalue weighted by atomic mass is 16.5. The van der Waals surface area contributed by atoms with Gasteiger partial charge in [-0.2, -0.15) is 4.79 Å². The van der Waals surface area contributed by atoms with Gasteiger partial charge in [0, 0.05) is 66.4 Å². The number of benzene rings is 3. The first kappa shape index (κ1) is 23.6. The van der Waals surface area contributed by atoms with Crippen LogP contribution in [0.5, 0.6) is 11.5 Å². The van der Waals surface area contributed by atoms with Crippen LogP contribution >= 0.6 is 0 Å². The summed E-state index contributed by atoms with van der Waals surface area (Å²) in [6.07, 6.45) is -0.791. The molecule has 10 nitrogen and oxygen atoms in total. The SMILES string of the molecule is COC(=O)c1ccc2c(c1)C1(C(=[N+]=[N-])C2=O)c2ccc(N3CC(O)C3)cc2Oc2cc(N3CC(O)C3)ccc21. The lowest BCUT2D eigenvalue weighted by Gasteiger charge is -2.41. The molecule has 1 spiro atoms. The van der Waals surface area contributed by atoms with Crippen molar-refractivity contribution >= 4 is 28.8 Å². The fourth-order valence-corrected chi connectivity index (χ4v) is 6.19. The molecule has 2 saturated heterocycles. The van der Waals surface area contributed by atoms with Crippen LogP contribution in [0.3, 0.4) is 0 Å². The zero-order chi connectivity index (χ0) is 27.1. The first-order chi connectivity index (χ1) is 18.8. The van der Waals surface area contributed by atoms with E-state index in [4.69, 9.17) is 9.47 Å². The van der Waals surface area contributed by atoms with Crippen LogP contribution in [0.25, 0.3) is 5.53 Å².